The van der Waals surface area contributed by atoms with Gasteiger partial charge in [0, 0.05) is 12.7 Å². The fourth-order valence-corrected chi connectivity index (χ4v) is 1.79. The van der Waals surface area contributed by atoms with E-state index in [9.17, 15) is 13.6 Å². The molecular weight excluding hydrogens is 238 g/mol. The Balaban J connectivity index is 2.91. The van der Waals surface area contributed by atoms with E-state index in [0.717, 1.165) is 10.5 Å². The van der Waals surface area contributed by atoms with Crippen molar-refractivity contribution in [1.82, 2.24) is 4.90 Å². The zero-order valence-electron chi connectivity index (χ0n) is 10.8. The minimum atomic E-state index is -2.53. The molecule has 1 aromatic carbocycles. The molecule has 0 aliphatic carbocycles. The van der Waals surface area contributed by atoms with Gasteiger partial charge < -0.3 is 10.6 Å². The predicted octanol–water partition coefficient (Wildman–Crippen LogP) is 2.27. The average Bonchev–Trinajstić information content (AvgIpc) is 2.27. The number of amides is 1. The van der Waals surface area contributed by atoms with Crippen molar-refractivity contribution in [3.8, 4) is 0 Å². The lowest BCUT2D eigenvalue weighted by Gasteiger charge is -2.29. The molecule has 0 radical (unpaired) electrons. The van der Waals surface area contributed by atoms with Gasteiger partial charge in [-0.15, -0.1) is 0 Å². The van der Waals surface area contributed by atoms with Crippen LogP contribution in [0.15, 0.2) is 24.3 Å². The molecule has 1 aromatic rings. The number of anilines is 1. The lowest BCUT2D eigenvalue weighted by Crippen LogP contribution is -2.43. The van der Waals surface area contributed by atoms with Crippen molar-refractivity contribution in [2.24, 2.45) is 0 Å². The number of likely N-dealkylation sites (N-methyl/N-ethyl adjacent to an activating group) is 1. The van der Waals surface area contributed by atoms with Crippen molar-refractivity contribution < 1.29 is 13.6 Å². The molecule has 2 N–H and O–H groups in total. The van der Waals surface area contributed by atoms with Gasteiger partial charge in [0.2, 0.25) is 5.91 Å². The summed E-state index contributed by atoms with van der Waals surface area (Å²) in [5, 5.41) is 0. The molecule has 0 aromatic heterocycles. The van der Waals surface area contributed by atoms with E-state index in [4.69, 9.17) is 5.73 Å². The quantitative estimate of drug-likeness (QED) is 0.840. The summed E-state index contributed by atoms with van der Waals surface area (Å²) in [6, 6.07) is 6.86. The summed E-state index contributed by atoms with van der Waals surface area (Å²) in [6.07, 6.45) is -2.53. The van der Waals surface area contributed by atoms with Crippen LogP contribution in [0.3, 0.4) is 0 Å². The van der Waals surface area contributed by atoms with Crippen molar-refractivity contribution in [2.45, 2.75) is 25.7 Å². The summed E-state index contributed by atoms with van der Waals surface area (Å²) in [7, 11) is 1.38. The largest absolute Gasteiger partial charge is 0.399 e. The van der Waals surface area contributed by atoms with Crippen molar-refractivity contribution in [3.05, 3.63) is 29.8 Å². The number of nitrogens with two attached hydrogens (primary N) is 1. The number of carbonyl (C=O) groups excluding carboxylic acids is 1. The number of rotatable bonds is 4. The standard InChI is InChI=1S/C13H18F2N2O/c1-13(2,9-4-6-10(16)7-5-9)12(18)17(3)8-11(14)15/h4-7,11H,8,16H2,1-3H3. The molecule has 1 amide bonds. The van der Waals surface area contributed by atoms with Gasteiger partial charge in [-0.25, -0.2) is 8.78 Å². The molecule has 0 saturated heterocycles. The summed E-state index contributed by atoms with van der Waals surface area (Å²) in [6.45, 7) is 2.86. The third-order valence-electron chi connectivity index (χ3n) is 2.93. The van der Waals surface area contributed by atoms with E-state index in [2.05, 4.69) is 0 Å². The second-order valence-corrected chi connectivity index (χ2v) is 4.82. The zero-order valence-corrected chi connectivity index (χ0v) is 10.8. The van der Waals surface area contributed by atoms with E-state index < -0.39 is 18.4 Å². The Morgan fingerprint density at radius 3 is 2.28 bits per heavy atom. The Morgan fingerprint density at radius 1 is 1.33 bits per heavy atom. The third-order valence-corrected chi connectivity index (χ3v) is 2.93. The number of alkyl halides is 2. The molecule has 1 rings (SSSR count). The van der Waals surface area contributed by atoms with Gasteiger partial charge in [-0.1, -0.05) is 12.1 Å². The van der Waals surface area contributed by atoms with Crippen LogP contribution in [0.2, 0.25) is 0 Å². The maximum Gasteiger partial charge on any atom is 0.255 e. The van der Waals surface area contributed by atoms with Crippen LogP contribution in [0.25, 0.3) is 0 Å². The maximum absolute atomic E-state index is 12.3. The van der Waals surface area contributed by atoms with Gasteiger partial charge >= 0.3 is 0 Å². The first-order valence-corrected chi connectivity index (χ1v) is 5.65. The first kappa shape index (κ1) is 14.4. The van der Waals surface area contributed by atoms with Gasteiger partial charge in [0.05, 0.1) is 12.0 Å². The molecule has 0 fully saturated rings. The Kier molecular flexibility index (Phi) is 4.27. The molecular formula is C13H18F2N2O. The van der Waals surface area contributed by atoms with Gasteiger partial charge in [-0.2, -0.15) is 0 Å². The van der Waals surface area contributed by atoms with E-state index >= 15 is 0 Å². The van der Waals surface area contributed by atoms with Crippen molar-refractivity contribution in [3.63, 3.8) is 0 Å². The predicted molar refractivity (Wildman–Crippen MR) is 67.5 cm³/mol. The molecule has 0 spiro atoms. The summed E-state index contributed by atoms with van der Waals surface area (Å²) >= 11 is 0. The highest BCUT2D eigenvalue weighted by molar-refractivity contribution is 5.87. The number of halogens is 2. The normalized spacial score (nSPS) is 11.7. The van der Waals surface area contributed by atoms with E-state index in [1.807, 2.05) is 0 Å². The minimum absolute atomic E-state index is 0.340. The van der Waals surface area contributed by atoms with Crippen molar-refractivity contribution in [2.75, 3.05) is 19.3 Å². The molecule has 100 valence electrons. The molecule has 3 nitrogen and oxygen atoms in total. The Morgan fingerprint density at radius 2 is 1.83 bits per heavy atom. The highest BCUT2D eigenvalue weighted by atomic mass is 19.3. The zero-order chi connectivity index (χ0) is 13.9. The van der Waals surface area contributed by atoms with Crippen LogP contribution in [0, 0.1) is 0 Å². The molecule has 5 heteroatoms. The lowest BCUT2D eigenvalue weighted by molar-refractivity contribution is -0.136. The summed E-state index contributed by atoms with van der Waals surface area (Å²) in [5.74, 6) is -0.340. The van der Waals surface area contributed by atoms with Crippen LogP contribution in [0.4, 0.5) is 14.5 Å². The van der Waals surface area contributed by atoms with E-state index in [1.165, 1.54) is 7.05 Å². The average molecular weight is 256 g/mol. The fraction of sp³-hybridized carbons (Fsp3) is 0.462. The number of nitrogen functional groups attached to an aromatic ring is 1. The van der Waals surface area contributed by atoms with Gasteiger partial charge in [0.25, 0.3) is 6.43 Å². The van der Waals surface area contributed by atoms with E-state index in [-0.39, 0.29) is 5.91 Å². The van der Waals surface area contributed by atoms with Crippen LogP contribution < -0.4 is 5.73 Å². The summed E-state index contributed by atoms with van der Waals surface area (Å²) < 4.78 is 24.6. The Labute approximate surface area is 106 Å². The number of hydrogen-bond donors (Lipinski definition) is 1. The lowest BCUT2D eigenvalue weighted by atomic mass is 9.83. The molecule has 0 bridgehead atoms. The summed E-state index contributed by atoms with van der Waals surface area (Å²) in [5.41, 5.74) is 6.08. The van der Waals surface area contributed by atoms with Crippen molar-refractivity contribution >= 4 is 11.6 Å². The molecule has 0 atom stereocenters. The van der Waals surface area contributed by atoms with Crippen LogP contribution in [0.5, 0.6) is 0 Å². The number of benzene rings is 1. The highest BCUT2D eigenvalue weighted by Crippen LogP contribution is 2.26. The third kappa shape index (κ3) is 3.18. The molecule has 0 heterocycles. The topological polar surface area (TPSA) is 46.3 Å². The fourth-order valence-electron chi connectivity index (χ4n) is 1.79. The van der Waals surface area contributed by atoms with Crippen LogP contribution in [0.1, 0.15) is 19.4 Å². The SMILES string of the molecule is CN(CC(F)F)C(=O)C(C)(C)c1ccc(N)cc1. The van der Waals surface area contributed by atoms with Gasteiger partial charge in [-0.3, -0.25) is 4.79 Å². The molecule has 0 aliphatic heterocycles. The maximum atomic E-state index is 12.3. The Bertz CT molecular complexity index is 416. The number of nitrogens with zero attached hydrogens (tertiary/aromatic N) is 1. The minimum Gasteiger partial charge on any atom is -0.399 e. The number of carbonyl (C=O) groups is 1. The highest BCUT2D eigenvalue weighted by Gasteiger charge is 2.33. The Hall–Kier alpha value is -1.65. The second-order valence-electron chi connectivity index (χ2n) is 4.82. The second kappa shape index (κ2) is 5.33. The first-order valence-electron chi connectivity index (χ1n) is 5.65. The van der Waals surface area contributed by atoms with Crippen LogP contribution in [-0.4, -0.2) is 30.8 Å². The molecule has 0 aliphatic rings. The monoisotopic (exact) mass is 256 g/mol. The van der Waals surface area contributed by atoms with Gasteiger partial charge in [-0.05, 0) is 31.5 Å². The molecule has 0 unspecified atom stereocenters. The van der Waals surface area contributed by atoms with Gasteiger partial charge in [0.15, 0.2) is 0 Å². The van der Waals surface area contributed by atoms with Gasteiger partial charge in [0.1, 0.15) is 0 Å². The van der Waals surface area contributed by atoms with E-state index in [1.54, 1.807) is 38.1 Å². The van der Waals surface area contributed by atoms with E-state index in [0.29, 0.717) is 5.69 Å². The van der Waals surface area contributed by atoms with Crippen LogP contribution in [-0.2, 0) is 10.2 Å². The smallest absolute Gasteiger partial charge is 0.255 e. The number of hydrogen-bond acceptors (Lipinski definition) is 2. The summed E-state index contributed by atoms with van der Waals surface area (Å²) in [4.78, 5) is 13.2. The first-order chi connectivity index (χ1) is 8.25. The van der Waals surface area contributed by atoms with Crippen LogP contribution >= 0.6 is 0 Å². The molecule has 0 saturated carbocycles. The van der Waals surface area contributed by atoms with Crippen molar-refractivity contribution in [1.29, 1.82) is 0 Å². The molecule has 18 heavy (non-hydrogen) atoms.